The lowest BCUT2D eigenvalue weighted by molar-refractivity contribution is 1.06. The van der Waals surface area contributed by atoms with Gasteiger partial charge in [-0.2, -0.15) is 0 Å². The van der Waals surface area contributed by atoms with Crippen molar-refractivity contribution in [2.45, 2.75) is 18.7 Å². The van der Waals surface area contributed by atoms with Gasteiger partial charge in [-0.1, -0.05) is 22.9 Å². The molecule has 0 N–H and O–H groups in total. The largest absolute Gasteiger partial charge is 0.245 e. The topological polar surface area (TPSA) is 12.9 Å². The molecule has 0 unspecified atom stereocenters. The molecule has 0 atom stereocenters. The summed E-state index contributed by atoms with van der Waals surface area (Å²) in [6, 6.07) is 0. The summed E-state index contributed by atoms with van der Waals surface area (Å²) < 4.78 is 0. The van der Waals surface area contributed by atoms with E-state index in [1.807, 2.05) is 0 Å². The molecule has 0 radical (unpaired) electrons. The summed E-state index contributed by atoms with van der Waals surface area (Å²) in [5.41, 5.74) is 1.15. The Balaban J connectivity index is 0.000000810. The summed E-state index contributed by atoms with van der Waals surface area (Å²) >= 11 is 5.08. The molecular formula is C6H9Br2NS. The smallest absolute Gasteiger partial charge is 0.0925 e. The second-order valence-corrected chi connectivity index (χ2v) is 3.22. The van der Waals surface area contributed by atoms with Gasteiger partial charge in [0.2, 0.25) is 0 Å². The summed E-state index contributed by atoms with van der Waals surface area (Å²) in [5.74, 6) is 0. The molecule has 0 saturated carbocycles. The number of hydrogen-bond acceptors (Lipinski definition) is 2. The van der Waals surface area contributed by atoms with Gasteiger partial charge < -0.3 is 0 Å². The van der Waals surface area contributed by atoms with Crippen LogP contribution in [0.4, 0.5) is 0 Å². The molecule has 0 bridgehead atoms. The fourth-order valence-corrected chi connectivity index (χ4v) is 1.82. The SMILES string of the molecule is Br.CCc1nc(CBr)cs1. The number of rotatable bonds is 2. The minimum atomic E-state index is 0. The zero-order valence-electron chi connectivity index (χ0n) is 5.63. The summed E-state index contributed by atoms with van der Waals surface area (Å²) in [7, 11) is 0. The van der Waals surface area contributed by atoms with E-state index in [9.17, 15) is 0 Å². The Kier molecular flexibility index (Phi) is 5.58. The highest BCUT2D eigenvalue weighted by atomic mass is 79.9. The maximum Gasteiger partial charge on any atom is 0.0925 e. The molecule has 0 aromatic carbocycles. The Labute approximate surface area is 83.8 Å². The third-order valence-electron chi connectivity index (χ3n) is 1.04. The minimum Gasteiger partial charge on any atom is -0.245 e. The molecule has 0 fully saturated rings. The zero-order chi connectivity index (χ0) is 6.69. The van der Waals surface area contributed by atoms with Crippen LogP contribution in [0.25, 0.3) is 0 Å². The third-order valence-corrected chi connectivity index (χ3v) is 2.66. The van der Waals surface area contributed by atoms with Crippen LogP contribution in [0, 0.1) is 0 Å². The van der Waals surface area contributed by atoms with Crippen molar-refractivity contribution in [3.63, 3.8) is 0 Å². The first-order valence-corrected chi connectivity index (χ1v) is 4.86. The number of thiazole rings is 1. The van der Waals surface area contributed by atoms with Crippen LogP contribution < -0.4 is 0 Å². The Morgan fingerprint density at radius 1 is 1.70 bits per heavy atom. The molecule has 0 amide bonds. The second-order valence-electron chi connectivity index (χ2n) is 1.72. The first kappa shape index (κ1) is 10.6. The van der Waals surface area contributed by atoms with Crippen LogP contribution >= 0.6 is 44.2 Å². The molecule has 0 aliphatic rings. The van der Waals surface area contributed by atoms with E-state index in [0.29, 0.717) is 0 Å². The van der Waals surface area contributed by atoms with Crippen molar-refractivity contribution >= 4 is 44.2 Å². The van der Waals surface area contributed by atoms with Gasteiger partial charge in [-0.15, -0.1) is 28.3 Å². The number of aromatic nitrogens is 1. The van der Waals surface area contributed by atoms with Crippen LogP contribution in [0.15, 0.2) is 5.38 Å². The van der Waals surface area contributed by atoms with Crippen LogP contribution in [-0.2, 0) is 11.8 Å². The van der Waals surface area contributed by atoms with Gasteiger partial charge in [0.1, 0.15) is 0 Å². The second kappa shape index (κ2) is 5.27. The van der Waals surface area contributed by atoms with E-state index in [4.69, 9.17) is 0 Å². The monoisotopic (exact) mass is 285 g/mol. The zero-order valence-corrected chi connectivity index (χ0v) is 9.75. The normalized spacial score (nSPS) is 9.00. The van der Waals surface area contributed by atoms with Crippen molar-refractivity contribution in [1.29, 1.82) is 0 Å². The Hall–Kier alpha value is 0.590. The molecule has 1 rings (SSSR count). The minimum absolute atomic E-state index is 0. The highest BCUT2D eigenvalue weighted by Gasteiger charge is 1.95. The fourth-order valence-electron chi connectivity index (χ4n) is 0.573. The molecule has 0 aliphatic heterocycles. The fraction of sp³-hybridized carbons (Fsp3) is 0.500. The number of halogens is 2. The van der Waals surface area contributed by atoms with Gasteiger partial charge >= 0.3 is 0 Å². The van der Waals surface area contributed by atoms with Crippen molar-refractivity contribution in [1.82, 2.24) is 4.98 Å². The first-order valence-electron chi connectivity index (χ1n) is 2.86. The Morgan fingerprint density at radius 3 is 2.70 bits per heavy atom. The maximum atomic E-state index is 4.32. The maximum absolute atomic E-state index is 4.32. The van der Waals surface area contributed by atoms with E-state index in [1.165, 1.54) is 5.01 Å². The summed E-state index contributed by atoms with van der Waals surface area (Å²) in [6.45, 7) is 2.12. The number of aryl methyl sites for hydroxylation is 1. The van der Waals surface area contributed by atoms with Crippen molar-refractivity contribution < 1.29 is 0 Å². The molecule has 1 aromatic heterocycles. The van der Waals surface area contributed by atoms with Gasteiger partial charge in [0.25, 0.3) is 0 Å². The Bertz CT molecular complexity index is 169. The van der Waals surface area contributed by atoms with Crippen LogP contribution in [0.1, 0.15) is 17.6 Å². The van der Waals surface area contributed by atoms with Crippen LogP contribution in [0.5, 0.6) is 0 Å². The molecule has 58 valence electrons. The highest BCUT2D eigenvalue weighted by Crippen LogP contribution is 2.11. The lowest BCUT2D eigenvalue weighted by Gasteiger charge is -1.82. The van der Waals surface area contributed by atoms with Gasteiger partial charge in [0, 0.05) is 10.7 Å². The molecule has 0 spiro atoms. The van der Waals surface area contributed by atoms with E-state index < -0.39 is 0 Å². The predicted molar refractivity (Wildman–Crippen MR) is 54.4 cm³/mol. The molecular weight excluding hydrogens is 278 g/mol. The molecule has 0 saturated heterocycles. The van der Waals surface area contributed by atoms with E-state index in [0.717, 1.165) is 17.4 Å². The molecule has 10 heavy (non-hydrogen) atoms. The van der Waals surface area contributed by atoms with Gasteiger partial charge in [0.05, 0.1) is 10.7 Å². The van der Waals surface area contributed by atoms with Crippen LogP contribution in [0.2, 0.25) is 0 Å². The molecule has 1 heterocycles. The van der Waals surface area contributed by atoms with Gasteiger partial charge in [0.15, 0.2) is 0 Å². The highest BCUT2D eigenvalue weighted by molar-refractivity contribution is 9.08. The van der Waals surface area contributed by atoms with E-state index in [1.54, 1.807) is 11.3 Å². The third kappa shape index (κ3) is 2.68. The van der Waals surface area contributed by atoms with E-state index in [2.05, 4.69) is 33.2 Å². The van der Waals surface area contributed by atoms with Crippen molar-refractivity contribution in [2.75, 3.05) is 0 Å². The average Bonchev–Trinajstić information content (AvgIpc) is 2.34. The van der Waals surface area contributed by atoms with Crippen molar-refractivity contribution in [3.8, 4) is 0 Å². The first-order chi connectivity index (χ1) is 4.36. The summed E-state index contributed by atoms with van der Waals surface area (Å²) in [6.07, 6.45) is 1.05. The predicted octanol–water partition coefficient (Wildman–Crippen LogP) is 3.18. The summed E-state index contributed by atoms with van der Waals surface area (Å²) in [5, 5.41) is 4.20. The quantitative estimate of drug-likeness (QED) is 0.761. The lowest BCUT2D eigenvalue weighted by atomic mass is 10.5. The summed E-state index contributed by atoms with van der Waals surface area (Å²) in [4.78, 5) is 4.32. The molecule has 1 aromatic rings. The van der Waals surface area contributed by atoms with Crippen molar-refractivity contribution in [3.05, 3.63) is 16.1 Å². The molecule has 0 aliphatic carbocycles. The Morgan fingerprint density at radius 2 is 2.40 bits per heavy atom. The average molecular weight is 287 g/mol. The number of alkyl halides is 1. The molecule has 1 nitrogen and oxygen atoms in total. The lowest BCUT2D eigenvalue weighted by Crippen LogP contribution is -1.78. The van der Waals surface area contributed by atoms with Crippen LogP contribution in [0.3, 0.4) is 0 Å². The number of hydrogen-bond donors (Lipinski definition) is 0. The number of nitrogens with zero attached hydrogens (tertiary/aromatic N) is 1. The van der Waals surface area contributed by atoms with E-state index in [-0.39, 0.29) is 17.0 Å². The standard InChI is InChI=1S/C6H8BrNS.BrH/c1-2-6-8-5(3-7)4-9-6;/h4H,2-3H2,1H3;1H. The molecule has 4 heteroatoms. The van der Waals surface area contributed by atoms with Gasteiger partial charge in [-0.25, -0.2) is 4.98 Å². The van der Waals surface area contributed by atoms with Crippen LogP contribution in [-0.4, -0.2) is 4.98 Å². The van der Waals surface area contributed by atoms with Gasteiger partial charge in [-0.3, -0.25) is 0 Å². The van der Waals surface area contributed by atoms with E-state index >= 15 is 0 Å². The van der Waals surface area contributed by atoms with Gasteiger partial charge in [-0.05, 0) is 6.42 Å². The van der Waals surface area contributed by atoms with Crippen molar-refractivity contribution in [2.24, 2.45) is 0 Å².